The molecule has 0 aliphatic heterocycles. The van der Waals surface area contributed by atoms with Crippen LogP contribution in [0.15, 0.2) is 24.3 Å². The third-order valence-corrected chi connectivity index (χ3v) is 3.96. The third-order valence-electron chi connectivity index (χ3n) is 3.71. The van der Waals surface area contributed by atoms with Crippen molar-refractivity contribution in [3.8, 4) is 0 Å². The van der Waals surface area contributed by atoms with E-state index in [1.54, 1.807) is 12.1 Å². The number of Topliss-reactive ketones (excluding diaryl/α,β-unsaturated/α-hetero) is 1. The summed E-state index contributed by atoms with van der Waals surface area (Å²) in [5.74, 6) is 1.08. The number of halogens is 1. The quantitative estimate of drug-likeness (QED) is 0.702. The summed E-state index contributed by atoms with van der Waals surface area (Å²) in [7, 11) is 0. The number of hydrogen-bond acceptors (Lipinski definition) is 2. The van der Waals surface area contributed by atoms with Crippen molar-refractivity contribution in [3.05, 3.63) is 34.9 Å². The number of nitrogens with zero attached hydrogens (tertiary/aromatic N) is 1. The largest absolute Gasteiger partial charge is 0.300 e. The summed E-state index contributed by atoms with van der Waals surface area (Å²) >= 11 is 5.83. The van der Waals surface area contributed by atoms with Crippen LogP contribution in [0.1, 0.15) is 43.5 Å². The Labute approximate surface area is 120 Å². The lowest BCUT2D eigenvalue weighted by Gasteiger charge is -2.26. The minimum atomic E-state index is 0.207. The first kappa shape index (κ1) is 14.5. The first-order chi connectivity index (χ1) is 9.06. The predicted octanol–water partition coefficient (Wildman–Crippen LogP) is 4.03. The van der Waals surface area contributed by atoms with E-state index in [4.69, 9.17) is 11.6 Å². The third kappa shape index (κ3) is 4.63. The van der Waals surface area contributed by atoms with E-state index >= 15 is 0 Å². The van der Waals surface area contributed by atoms with Gasteiger partial charge >= 0.3 is 0 Å². The number of rotatable bonds is 7. The smallest absolute Gasteiger partial charge is 0.164 e. The maximum absolute atomic E-state index is 12.1. The van der Waals surface area contributed by atoms with Crippen molar-refractivity contribution >= 4 is 17.4 Å². The van der Waals surface area contributed by atoms with Gasteiger partial charge in [-0.05, 0) is 56.9 Å². The molecule has 2 nitrogen and oxygen atoms in total. The lowest BCUT2D eigenvalue weighted by Crippen LogP contribution is -2.34. The average Bonchev–Trinajstić information content (AvgIpc) is 3.18. The second-order valence-corrected chi connectivity index (χ2v) is 6.15. The summed E-state index contributed by atoms with van der Waals surface area (Å²) in [6.07, 6.45) is 3.30. The molecule has 0 heterocycles. The molecule has 1 aromatic rings. The Kier molecular flexibility index (Phi) is 5.00. The molecule has 1 aliphatic rings. The Morgan fingerprint density at radius 3 is 2.47 bits per heavy atom. The monoisotopic (exact) mass is 279 g/mol. The van der Waals surface area contributed by atoms with Crippen LogP contribution in [0.3, 0.4) is 0 Å². The van der Waals surface area contributed by atoms with Gasteiger partial charge in [0.15, 0.2) is 5.78 Å². The molecule has 0 unspecified atom stereocenters. The normalized spacial score (nSPS) is 15.2. The molecule has 19 heavy (non-hydrogen) atoms. The standard InChI is InChI=1S/C16H22ClNO/c1-12(2)18(11-13-3-4-13)10-9-16(19)14-5-7-15(17)8-6-14/h5-8,12-13H,3-4,9-11H2,1-2H3. The van der Waals surface area contributed by atoms with Crippen LogP contribution in [0.25, 0.3) is 0 Å². The summed E-state index contributed by atoms with van der Waals surface area (Å²) in [4.78, 5) is 14.5. The van der Waals surface area contributed by atoms with E-state index in [9.17, 15) is 4.79 Å². The lowest BCUT2D eigenvalue weighted by molar-refractivity contribution is 0.0953. The molecule has 3 heteroatoms. The van der Waals surface area contributed by atoms with Crippen molar-refractivity contribution in [1.29, 1.82) is 0 Å². The van der Waals surface area contributed by atoms with Gasteiger partial charge in [0, 0.05) is 36.1 Å². The van der Waals surface area contributed by atoms with Crippen LogP contribution in [0.2, 0.25) is 5.02 Å². The molecule has 0 atom stereocenters. The van der Waals surface area contributed by atoms with Crippen LogP contribution in [-0.4, -0.2) is 29.8 Å². The Morgan fingerprint density at radius 1 is 1.32 bits per heavy atom. The summed E-state index contributed by atoms with van der Waals surface area (Å²) in [6.45, 7) is 6.41. The molecule has 104 valence electrons. The van der Waals surface area contributed by atoms with E-state index in [0.717, 1.165) is 24.6 Å². The fourth-order valence-electron chi connectivity index (χ4n) is 2.22. The second-order valence-electron chi connectivity index (χ2n) is 5.71. The zero-order valence-corrected chi connectivity index (χ0v) is 12.5. The van der Waals surface area contributed by atoms with Gasteiger partial charge in [0.2, 0.25) is 0 Å². The fourth-order valence-corrected chi connectivity index (χ4v) is 2.34. The van der Waals surface area contributed by atoms with Gasteiger partial charge in [0.25, 0.3) is 0 Å². The predicted molar refractivity (Wildman–Crippen MR) is 79.8 cm³/mol. The summed E-state index contributed by atoms with van der Waals surface area (Å²) in [6, 6.07) is 7.69. The van der Waals surface area contributed by atoms with Gasteiger partial charge in [-0.3, -0.25) is 4.79 Å². The minimum Gasteiger partial charge on any atom is -0.300 e. The number of hydrogen-bond donors (Lipinski definition) is 0. The molecule has 0 saturated heterocycles. The van der Waals surface area contributed by atoms with Crippen molar-refractivity contribution in [1.82, 2.24) is 4.90 Å². The molecule has 0 bridgehead atoms. The van der Waals surface area contributed by atoms with Gasteiger partial charge in [0.05, 0.1) is 0 Å². The highest BCUT2D eigenvalue weighted by atomic mass is 35.5. The van der Waals surface area contributed by atoms with E-state index in [2.05, 4.69) is 18.7 Å². The molecule has 2 rings (SSSR count). The Bertz CT molecular complexity index is 423. The van der Waals surface area contributed by atoms with Crippen molar-refractivity contribution in [2.24, 2.45) is 5.92 Å². The molecule has 0 spiro atoms. The Morgan fingerprint density at radius 2 is 1.95 bits per heavy atom. The van der Waals surface area contributed by atoms with Gasteiger partial charge in [-0.1, -0.05) is 11.6 Å². The number of carbonyl (C=O) groups is 1. The maximum atomic E-state index is 12.1. The van der Waals surface area contributed by atoms with E-state index < -0.39 is 0 Å². The lowest BCUT2D eigenvalue weighted by atomic mass is 10.1. The van der Waals surface area contributed by atoms with Crippen LogP contribution in [-0.2, 0) is 0 Å². The molecule has 0 radical (unpaired) electrons. The highest BCUT2D eigenvalue weighted by Crippen LogP contribution is 2.30. The maximum Gasteiger partial charge on any atom is 0.164 e. The summed E-state index contributed by atoms with van der Waals surface area (Å²) in [5.41, 5.74) is 0.763. The number of benzene rings is 1. The first-order valence-electron chi connectivity index (χ1n) is 7.09. The number of carbonyl (C=O) groups excluding carboxylic acids is 1. The van der Waals surface area contributed by atoms with Gasteiger partial charge in [0.1, 0.15) is 0 Å². The Hall–Kier alpha value is -0.860. The fraction of sp³-hybridized carbons (Fsp3) is 0.562. The molecule has 1 saturated carbocycles. The van der Waals surface area contributed by atoms with Crippen LogP contribution in [0.5, 0.6) is 0 Å². The van der Waals surface area contributed by atoms with E-state index in [1.165, 1.54) is 12.8 Å². The van der Waals surface area contributed by atoms with Gasteiger partial charge < -0.3 is 4.90 Å². The molecule has 1 fully saturated rings. The van der Waals surface area contributed by atoms with E-state index in [-0.39, 0.29) is 5.78 Å². The average molecular weight is 280 g/mol. The van der Waals surface area contributed by atoms with Crippen LogP contribution >= 0.6 is 11.6 Å². The van der Waals surface area contributed by atoms with E-state index in [1.807, 2.05) is 12.1 Å². The number of ketones is 1. The minimum absolute atomic E-state index is 0.207. The molecule has 0 aromatic heterocycles. The van der Waals surface area contributed by atoms with Crippen LogP contribution in [0, 0.1) is 5.92 Å². The molecule has 1 aliphatic carbocycles. The van der Waals surface area contributed by atoms with Crippen molar-refractivity contribution in [2.75, 3.05) is 13.1 Å². The zero-order valence-electron chi connectivity index (χ0n) is 11.7. The van der Waals surface area contributed by atoms with Crippen LogP contribution < -0.4 is 0 Å². The molecular formula is C16H22ClNO. The zero-order chi connectivity index (χ0) is 13.8. The van der Waals surface area contributed by atoms with E-state index in [0.29, 0.717) is 17.5 Å². The highest BCUT2D eigenvalue weighted by Gasteiger charge is 2.25. The van der Waals surface area contributed by atoms with Crippen LogP contribution in [0.4, 0.5) is 0 Å². The summed E-state index contributed by atoms with van der Waals surface area (Å²) < 4.78 is 0. The molecular weight excluding hydrogens is 258 g/mol. The Balaban J connectivity index is 1.85. The first-order valence-corrected chi connectivity index (χ1v) is 7.47. The van der Waals surface area contributed by atoms with Gasteiger partial charge in [-0.2, -0.15) is 0 Å². The molecule has 1 aromatic carbocycles. The van der Waals surface area contributed by atoms with Crippen molar-refractivity contribution in [3.63, 3.8) is 0 Å². The topological polar surface area (TPSA) is 20.3 Å². The van der Waals surface area contributed by atoms with Gasteiger partial charge in [-0.15, -0.1) is 0 Å². The molecule has 0 amide bonds. The van der Waals surface area contributed by atoms with Gasteiger partial charge in [-0.25, -0.2) is 0 Å². The highest BCUT2D eigenvalue weighted by molar-refractivity contribution is 6.30. The molecule has 0 N–H and O–H groups in total. The SMILES string of the molecule is CC(C)N(CCC(=O)c1ccc(Cl)cc1)CC1CC1. The van der Waals surface area contributed by atoms with Crippen molar-refractivity contribution in [2.45, 2.75) is 39.2 Å². The van der Waals surface area contributed by atoms with Crippen molar-refractivity contribution < 1.29 is 4.79 Å². The summed E-state index contributed by atoms with van der Waals surface area (Å²) in [5, 5.41) is 0.675. The second kappa shape index (κ2) is 6.53.